The zero-order valence-electron chi connectivity index (χ0n) is 25.9. The van der Waals surface area contributed by atoms with E-state index < -0.39 is 11.4 Å². The van der Waals surface area contributed by atoms with Crippen LogP contribution in [0.1, 0.15) is 120 Å². The molecule has 5 nitrogen and oxygen atoms in total. The van der Waals surface area contributed by atoms with E-state index in [0.717, 1.165) is 44.9 Å². The second-order valence-electron chi connectivity index (χ2n) is 16.5. The number of fused-ring (bicyclic) bond motifs is 7. The van der Waals surface area contributed by atoms with Crippen molar-refractivity contribution >= 4 is 17.7 Å². The topological polar surface area (TPSA) is 80.7 Å². The Kier molecular flexibility index (Phi) is 6.42. The SMILES string of the molecule is CC(C)C(=O)O[C@H]1CC[C@]2(C)[C@H]3C(=O)C=C4[C@@H]5C[C@@](C)(C(=O)O)CC[C@]5(C)CC[C@@]4(C)[C@]3(C)CC[C@H]2C1(C)C. The van der Waals surface area contributed by atoms with Gasteiger partial charge in [-0.05, 0) is 104 Å². The minimum absolute atomic E-state index is 0.0607. The number of hydrogen-bond donors (Lipinski definition) is 1. The van der Waals surface area contributed by atoms with Gasteiger partial charge >= 0.3 is 11.9 Å². The second kappa shape index (κ2) is 8.68. The Labute approximate surface area is 235 Å². The van der Waals surface area contributed by atoms with Crippen LogP contribution in [-0.4, -0.2) is 28.9 Å². The number of aliphatic carboxylic acids is 1. The number of allylic oxidation sites excluding steroid dienone is 2. The van der Waals surface area contributed by atoms with Crippen LogP contribution in [-0.2, 0) is 19.1 Å². The standard InChI is InChI=1S/C34H52O5/c1-20(2)27(36)39-25-11-12-32(7)24(29(25,3)4)10-13-34(9)26(32)23(35)18-21-22-19-31(6,28(37)38)15-14-30(22,5)16-17-33(21,34)8/h18,20,22,24-26H,10-17,19H2,1-9H3,(H,37,38)/t22-,24-,25-,26+,30+,31-,32-,33+,34+/m0/s1. The molecule has 5 heteroatoms. The molecule has 1 N–H and O–H groups in total. The molecule has 0 aromatic carbocycles. The Bertz CT molecular complexity index is 1120. The van der Waals surface area contributed by atoms with Crippen molar-refractivity contribution in [2.45, 2.75) is 126 Å². The van der Waals surface area contributed by atoms with E-state index >= 15 is 0 Å². The van der Waals surface area contributed by atoms with Crippen LogP contribution in [0.5, 0.6) is 0 Å². The van der Waals surface area contributed by atoms with Gasteiger partial charge in [-0.1, -0.05) is 61.0 Å². The fourth-order valence-electron chi connectivity index (χ4n) is 10.8. The van der Waals surface area contributed by atoms with Crippen molar-refractivity contribution in [2.24, 2.45) is 56.2 Å². The van der Waals surface area contributed by atoms with Gasteiger partial charge in [-0.2, -0.15) is 0 Å². The van der Waals surface area contributed by atoms with Crippen LogP contribution in [0.25, 0.3) is 0 Å². The van der Waals surface area contributed by atoms with E-state index in [0.29, 0.717) is 18.8 Å². The van der Waals surface area contributed by atoms with Gasteiger partial charge in [0.15, 0.2) is 5.78 Å². The third-order valence-corrected chi connectivity index (χ3v) is 13.8. The van der Waals surface area contributed by atoms with Crippen molar-refractivity contribution in [1.82, 2.24) is 0 Å². The van der Waals surface area contributed by atoms with Crippen molar-refractivity contribution in [3.8, 4) is 0 Å². The molecule has 0 bridgehead atoms. The summed E-state index contributed by atoms with van der Waals surface area (Å²) in [4.78, 5) is 39.3. The van der Waals surface area contributed by atoms with Crippen LogP contribution in [0.4, 0.5) is 0 Å². The fourth-order valence-corrected chi connectivity index (χ4v) is 10.8. The molecule has 5 aliphatic rings. The van der Waals surface area contributed by atoms with Gasteiger partial charge in [0.05, 0.1) is 11.3 Å². The summed E-state index contributed by atoms with van der Waals surface area (Å²) < 4.78 is 6.08. The molecule has 0 aromatic heterocycles. The van der Waals surface area contributed by atoms with Crippen molar-refractivity contribution in [2.75, 3.05) is 0 Å². The molecule has 0 unspecified atom stereocenters. The number of carbonyl (C=O) groups excluding carboxylic acids is 2. The van der Waals surface area contributed by atoms with Gasteiger partial charge in [0.1, 0.15) is 6.10 Å². The summed E-state index contributed by atoms with van der Waals surface area (Å²) in [5, 5.41) is 10.1. The van der Waals surface area contributed by atoms with Gasteiger partial charge in [0.2, 0.25) is 0 Å². The highest BCUT2D eigenvalue weighted by molar-refractivity contribution is 5.95. The lowest BCUT2D eigenvalue weighted by molar-refractivity contribution is -0.212. The normalized spacial score (nSPS) is 48.7. The third-order valence-electron chi connectivity index (χ3n) is 13.8. The number of carbonyl (C=O) groups is 3. The average molecular weight is 541 g/mol. The lowest BCUT2D eigenvalue weighted by Gasteiger charge is -2.70. The van der Waals surface area contributed by atoms with Gasteiger partial charge in [-0.3, -0.25) is 14.4 Å². The Balaban J connectivity index is 1.54. The first kappa shape index (κ1) is 28.9. The fraction of sp³-hybridized carbons (Fsp3) is 0.853. The monoisotopic (exact) mass is 540 g/mol. The minimum atomic E-state index is -0.733. The van der Waals surface area contributed by atoms with Crippen molar-refractivity contribution in [1.29, 1.82) is 0 Å². The first-order valence-corrected chi connectivity index (χ1v) is 15.6. The summed E-state index contributed by atoms with van der Waals surface area (Å²) in [5.74, 6) is -0.350. The van der Waals surface area contributed by atoms with Gasteiger partial charge < -0.3 is 9.84 Å². The highest BCUT2D eigenvalue weighted by Gasteiger charge is 2.70. The van der Waals surface area contributed by atoms with Crippen LogP contribution in [0.15, 0.2) is 11.6 Å². The second-order valence-corrected chi connectivity index (χ2v) is 16.5. The number of ether oxygens (including phenoxy) is 1. The van der Waals surface area contributed by atoms with Gasteiger partial charge in [0, 0.05) is 11.3 Å². The molecular weight excluding hydrogens is 488 g/mol. The number of ketones is 1. The van der Waals surface area contributed by atoms with E-state index in [1.165, 1.54) is 5.57 Å². The highest BCUT2D eigenvalue weighted by Crippen LogP contribution is 2.75. The molecule has 0 amide bonds. The molecule has 39 heavy (non-hydrogen) atoms. The lowest BCUT2D eigenvalue weighted by atomic mass is 9.33. The van der Waals surface area contributed by atoms with E-state index in [1.807, 2.05) is 26.8 Å². The molecule has 5 aliphatic carbocycles. The largest absolute Gasteiger partial charge is 0.481 e. The molecule has 0 heterocycles. The van der Waals surface area contributed by atoms with Crippen molar-refractivity contribution in [3.05, 3.63) is 11.6 Å². The van der Waals surface area contributed by atoms with Crippen molar-refractivity contribution in [3.63, 3.8) is 0 Å². The van der Waals surface area contributed by atoms with Gasteiger partial charge in [0.25, 0.3) is 0 Å². The molecule has 9 atom stereocenters. The van der Waals surface area contributed by atoms with E-state index in [-0.39, 0.29) is 62.7 Å². The number of carboxylic acids is 1. The number of esters is 1. The van der Waals surface area contributed by atoms with Crippen LogP contribution < -0.4 is 0 Å². The van der Waals surface area contributed by atoms with Gasteiger partial charge in [-0.15, -0.1) is 0 Å². The maximum Gasteiger partial charge on any atom is 0.309 e. The quantitative estimate of drug-likeness (QED) is 0.372. The number of rotatable bonds is 3. The molecule has 5 rings (SSSR count). The third kappa shape index (κ3) is 3.79. The Hall–Kier alpha value is -1.65. The number of carboxylic acid groups (broad SMARTS) is 1. The summed E-state index contributed by atoms with van der Waals surface area (Å²) in [6, 6.07) is 0. The maximum atomic E-state index is 14.4. The number of hydrogen-bond acceptors (Lipinski definition) is 4. The summed E-state index contributed by atoms with van der Waals surface area (Å²) >= 11 is 0. The predicted molar refractivity (Wildman–Crippen MR) is 152 cm³/mol. The Morgan fingerprint density at radius 2 is 1.56 bits per heavy atom. The summed E-state index contributed by atoms with van der Waals surface area (Å²) in [7, 11) is 0. The van der Waals surface area contributed by atoms with Crippen LogP contribution in [0.2, 0.25) is 0 Å². The minimum Gasteiger partial charge on any atom is -0.481 e. The van der Waals surface area contributed by atoms with Gasteiger partial charge in [-0.25, -0.2) is 0 Å². The molecule has 0 aromatic rings. The summed E-state index contributed by atoms with van der Waals surface area (Å²) in [5.41, 5.74) is -0.0761. The summed E-state index contributed by atoms with van der Waals surface area (Å²) in [6.07, 6.45) is 9.99. The summed E-state index contributed by atoms with van der Waals surface area (Å²) in [6.45, 7) is 19.7. The molecule has 0 radical (unpaired) electrons. The average Bonchev–Trinajstić information content (AvgIpc) is 2.83. The van der Waals surface area contributed by atoms with Crippen molar-refractivity contribution < 1.29 is 24.2 Å². The van der Waals surface area contributed by atoms with E-state index in [2.05, 4.69) is 41.5 Å². The van der Waals surface area contributed by atoms with E-state index in [4.69, 9.17) is 4.74 Å². The zero-order chi connectivity index (χ0) is 29.0. The molecule has 0 spiro atoms. The Morgan fingerprint density at radius 3 is 2.18 bits per heavy atom. The Morgan fingerprint density at radius 1 is 0.923 bits per heavy atom. The first-order chi connectivity index (χ1) is 17.9. The molecule has 4 saturated carbocycles. The first-order valence-electron chi connectivity index (χ1n) is 15.6. The molecule has 0 aliphatic heterocycles. The lowest BCUT2D eigenvalue weighted by Crippen LogP contribution is -2.66. The zero-order valence-corrected chi connectivity index (χ0v) is 25.9. The van der Waals surface area contributed by atoms with Crippen LogP contribution in [0.3, 0.4) is 0 Å². The smallest absolute Gasteiger partial charge is 0.309 e. The maximum absolute atomic E-state index is 14.4. The molecule has 218 valence electrons. The highest BCUT2D eigenvalue weighted by atomic mass is 16.5. The van der Waals surface area contributed by atoms with Crippen LogP contribution in [0, 0.1) is 56.2 Å². The van der Waals surface area contributed by atoms with E-state index in [1.54, 1.807) is 0 Å². The molecule has 4 fully saturated rings. The molecular formula is C34H52O5. The van der Waals surface area contributed by atoms with E-state index in [9.17, 15) is 19.5 Å². The van der Waals surface area contributed by atoms with Crippen LogP contribution >= 0.6 is 0 Å². The molecule has 0 saturated heterocycles. The predicted octanol–water partition coefficient (Wildman–Crippen LogP) is 7.62.